The predicted octanol–water partition coefficient (Wildman–Crippen LogP) is 1.41. The van der Waals surface area contributed by atoms with Gasteiger partial charge in [-0.3, -0.25) is 4.90 Å². The number of morpholine rings is 1. The molecule has 1 saturated carbocycles. The Kier molecular flexibility index (Phi) is 4.19. The van der Waals surface area contributed by atoms with Crippen molar-refractivity contribution in [1.29, 1.82) is 0 Å². The molecular formula is C17H24N2O3. The van der Waals surface area contributed by atoms with E-state index in [0.717, 1.165) is 55.9 Å². The van der Waals surface area contributed by atoms with Gasteiger partial charge in [-0.25, -0.2) is 0 Å². The number of nitrogens with one attached hydrogen (secondary N) is 1. The van der Waals surface area contributed by atoms with Crippen molar-refractivity contribution < 1.29 is 14.2 Å². The molecule has 0 bridgehead atoms. The van der Waals surface area contributed by atoms with Gasteiger partial charge in [0.1, 0.15) is 13.2 Å². The van der Waals surface area contributed by atoms with Gasteiger partial charge in [-0.2, -0.15) is 0 Å². The zero-order valence-electron chi connectivity index (χ0n) is 12.9. The highest BCUT2D eigenvalue weighted by Crippen LogP contribution is 2.33. The fourth-order valence-electron chi connectivity index (χ4n) is 3.28. The van der Waals surface area contributed by atoms with Crippen molar-refractivity contribution in [2.24, 2.45) is 0 Å². The lowest BCUT2D eigenvalue weighted by Crippen LogP contribution is -2.47. The van der Waals surface area contributed by atoms with Crippen LogP contribution in [-0.2, 0) is 11.3 Å². The lowest BCUT2D eigenvalue weighted by molar-refractivity contribution is -0.0301. The molecule has 5 heteroatoms. The quantitative estimate of drug-likeness (QED) is 0.891. The van der Waals surface area contributed by atoms with E-state index in [9.17, 15) is 0 Å². The minimum absolute atomic E-state index is 0.297. The number of hydrogen-bond acceptors (Lipinski definition) is 5. The van der Waals surface area contributed by atoms with Gasteiger partial charge in [-0.05, 0) is 18.9 Å². The largest absolute Gasteiger partial charge is 0.486 e. The van der Waals surface area contributed by atoms with E-state index in [4.69, 9.17) is 14.2 Å². The lowest BCUT2D eigenvalue weighted by atomic mass is 10.1. The van der Waals surface area contributed by atoms with E-state index in [-0.39, 0.29) is 0 Å². The number of para-hydroxylation sites is 1. The summed E-state index contributed by atoms with van der Waals surface area (Å²) in [5.74, 6) is 1.75. The van der Waals surface area contributed by atoms with Gasteiger partial charge >= 0.3 is 0 Å². The van der Waals surface area contributed by atoms with Gasteiger partial charge in [-0.15, -0.1) is 0 Å². The van der Waals surface area contributed by atoms with E-state index in [2.05, 4.69) is 16.3 Å². The van der Waals surface area contributed by atoms with Crippen molar-refractivity contribution in [1.82, 2.24) is 10.2 Å². The molecular weight excluding hydrogens is 280 g/mol. The molecule has 3 aliphatic rings. The second-order valence-corrected chi connectivity index (χ2v) is 6.29. The van der Waals surface area contributed by atoms with E-state index >= 15 is 0 Å². The lowest BCUT2D eigenvalue weighted by Gasteiger charge is -2.33. The van der Waals surface area contributed by atoms with E-state index in [0.29, 0.717) is 19.3 Å². The Hall–Kier alpha value is -1.30. The van der Waals surface area contributed by atoms with E-state index in [1.54, 1.807) is 0 Å². The maximum absolute atomic E-state index is 5.88. The standard InChI is InChI=1S/C17H24N2O3/c1-2-13(17-16(3-1)21-8-9-22-17)10-18-11-15-12-19(6-7-20-15)14-4-5-14/h1-3,14-15,18H,4-12H2/t15-/m0/s1. The van der Waals surface area contributed by atoms with Crippen LogP contribution in [0.3, 0.4) is 0 Å². The monoisotopic (exact) mass is 304 g/mol. The zero-order valence-corrected chi connectivity index (χ0v) is 12.9. The Morgan fingerprint density at radius 2 is 2.05 bits per heavy atom. The third kappa shape index (κ3) is 3.21. The molecule has 1 aliphatic carbocycles. The summed E-state index contributed by atoms with van der Waals surface area (Å²) >= 11 is 0. The molecule has 0 spiro atoms. The molecule has 5 nitrogen and oxygen atoms in total. The molecule has 2 heterocycles. The second-order valence-electron chi connectivity index (χ2n) is 6.29. The fraction of sp³-hybridized carbons (Fsp3) is 0.647. The van der Waals surface area contributed by atoms with E-state index < -0.39 is 0 Å². The third-order valence-electron chi connectivity index (χ3n) is 4.57. The molecule has 4 rings (SSSR count). The highest BCUT2D eigenvalue weighted by molar-refractivity contribution is 5.47. The Labute approximate surface area is 131 Å². The van der Waals surface area contributed by atoms with Crippen LogP contribution in [0.1, 0.15) is 18.4 Å². The molecule has 0 aromatic heterocycles. The minimum atomic E-state index is 0.297. The van der Waals surface area contributed by atoms with Gasteiger partial charge in [0.05, 0.1) is 12.7 Å². The molecule has 2 fully saturated rings. The first-order chi connectivity index (χ1) is 10.9. The Balaban J connectivity index is 1.29. The third-order valence-corrected chi connectivity index (χ3v) is 4.57. The summed E-state index contributed by atoms with van der Waals surface area (Å²) in [5, 5.41) is 3.51. The van der Waals surface area contributed by atoms with Crippen LogP contribution in [0.15, 0.2) is 18.2 Å². The van der Waals surface area contributed by atoms with Crippen molar-refractivity contribution in [3.63, 3.8) is 0 Å². The molecule has 0 amide bonds. The number of benzene rings is 1. The number of rotatable bonds is 5. The van der Waals surface area contributed by atoms with Crippen LogP contribution in [0.2, 0.25) is 0 Å². The van der Waals surface area contributed by atoms with Gasteiger partial charge in [0.2, 0.25) is 0 Å². The number of fused-ring (bicyclic) bond motifs is 1. The Morgan fingerprint density at radius 3 is 2.95 bits per heavy atom. The normalized spacial score (nSPS) is 25.2. The SMILES string of the molecule is c1cc(CNC[C@H]2CN(C3CC3)CCO2)c2c(c1)OCCO2. The van der Waals surface area contributed by atoms with E-state index in [1.807, 2.05) is 12.1 Å². The summed E-state index contributed by atoms with van der Waals surface area (Å²) in [5.41, 5.74) is 1.16. The summed E-state index contributed by atoms with van der Waals surface area (Å²) in [7, 11) is 0. The van der Waals surface area contributed by atoms with Gasteiger partial charge in [0, 0.05) is 37.8 Å². The predicted molar refractivity (Wildman–Crippen MR) is 83.5 cm³/mol. The van der Waals surface area contributed by atoms with Crippen LogP contribution < -0.4 is 14.8 Å². The van der Waals surface area contributed by atoms with Crippen molar-refractivity contribution >= 4 is 0 Å². The molecule has 1 N–H and O–H groups in total. The fourth-order valence-corrected chi connectivity index (χ4v) is 3.28. The van der Waals surface area contributed by atoms with Crippen LogP contribution in [0.4, 0.5) is 0 Å². The first-order valence-corrected chi connectivity index (χ1v) is 8.34. The summed E-state index contributed by atoms with van der Waals surface area (Å²) in [4.78, 5) is 2.58. The molecule has 22 heavy (non-hydrogen) atoms. The van der Waals surface area contributed by atoms with Crippen molar-refractivity contribution in [3.05, 3.63) is 23.8 Å². The van der Waals surface area contributed by atoms with Crippen LogP contribution >= 0.6 is 0 Å². The highest BCUT2D eigenvalue weighted by atomic mass is 16.6. The van der Waals surface area contributed by atoms with E-state index in [1.165, 1.54) is 12.8 Å². The summed E-state index contributed by atoms with van der Waals surface area (Å²) in [6, 6.07) is 6.92. The maximum atomic E-state index is 5.88. The molecule has 0 unspecified atom stereocenters. The average Bonchev–Trinajstić information content (AvgIpc) is 3.40. The minimum Gasteiger partial charge on any atom is -0.486 e. The maximum Gasteiger partial charge on any atom is 0.165 e. The van der Waals surface area contributed by atoms with Crippen LogP contribution in [0, 0.1) is 0 Å². The molecule has 1 saturated heterocycles. The summed E-state index contributed by atoms with van der Waals surface area (Å²) in [6.45, 7) is 5.95. The van der Waals surface area contributed by atoms with Crippen LogP contribution in [-0.4, -0.2) is 56.5 Å². The smallest absolute Gasteiger partial charge is 0.165 e. The number of nitrogens with zero attached hydrogens (tertiary/aromatic N) is 1. The highest BCUT2D eigenvalue weighted by Gasteiger charge is 2.32. The van der Waals surface area contributed by atoms with Crippen molar-refractivity contribution in [2.75, 3.05) is 39.5 Å². The topological polar surface area (TPSA) is 43.0 Å². The zero-order chi connectivity index (χ0) is 14.8. The van der Waals surface area contributed by atoms with Gasteiger partial charge in [0.25, 0.3) is 0 Å². The summed E-state index contributed by atoms with van der Waals surface area (Å²) < 4.78 is 17.2. The first kappa shape index (κ1) is 14.3. The molecule has 1 aromatic carbocycles. The summed E-state index contributed by atoms with van der Waals surface area (Å²) in [6.07, 6.45) is 3.03. The number of hydrogen-bond donors (Lipinski definition) is 1. The van der Waals surface area contributed by atoms with Crippen molar-refractivity contribution in [3.8, 4) is 11.5 Å². The molecule has 1 aromatic rings. The van der Waals surface area contributed by atoms with Gasteiger partial charge < -0.3 is 19.5 Å². The van der Waals surface area contributed by atoms with Crippen LogP contribution in [0.5, 0.6) is 11.5 Å². The first-order valence-electron chi connectivity index (χ1n) is 8.34. The van der Waals surface area contributed by atoms with Gasteiger partial charge in [0.15, 0.2) is 11.5 Å². The molecule has 2 aliphatic heterocycles. The molecule has 1 atom stereocenters. The Bertz CT molecular complexity index is 519. The average molecular weight is 304 g/mol. The van der Waals surface area contributed by atoms with Gasteiger partial charge in [-0.1, -0.05) is 12.1 Å². The second kappa shape index (κ2) is 6.44. The Morgan fingerprint density at radius 1 is 1.14 bits per heavy atom. The number of ether oxygens (including phenoxy) is 3. The van der Waals surface area contributed by atoms with Crippen LogP contribution in [0.25, 0.3) is 0 Å². The van der Waals surface area contributed by atoms with Crippen molar-refractivity contribution in [2.45, 2.75) is 31.5 Å². The molecule has 0 radical (unpaired) electrons. The molecule has 120 valence electrons.